The second kappa shape index (κ2) is 6.31. The smallest absolute Gasteiger partial charge is 0.256 e. The van der Waals surface area contributed by atoms with E-state index < -0.39 is 0 Å². The Bertz CT molecular complexity index is 715. The number of amides is 1. The lowest BCUT2D eigenvalue weighted by atomic mass is 10.1. The van der Waals surface area contributed by atoms with Crippen molar-refractivity contribution in [1.82, 2.24) is 4.90 Å². The molecule has 0 N–H and O–H groups in total. The van der Waals surface area contributed by atoms with Crippen LogP contribution < -0.4 is 4.74 Å². The normalized spacial score (nSPS) is 13.4. The summed E-state index contributed by atoms with van der Waals surface area (Å²) in [4.78, 5) is 14.4. The molecule has 0 fully saturated rings. The van der Waals surface area contributed by atoms with E-state index in [1.807, 2.05) is 37.3 Å². The zero-order chi connectivity index (χ0) is 15.7. The van der Waals surface area contributed by atoms with Gasteiger partial charge < -0.3 is 9.64 Å². The van der Waals surface area contributed by atoms with Crippen LogP contribution in [0.3, 0.4) is 0 Å². The Morgan fingerprint density at radius 3 is 2.68 bits per heavy atom. The molecular formula is C17H15BrClNO2. The molecule has 1 aliphatic rings. The van der Waals surface area contributed by atoms with Gasteiger partial charge in [-0.05, 0) is 42.3 Å². The van der Waals surface area contributed by atoms with Crippen LogP contribution in [0.1, 0.15) is 28.4 Å². The number of benzene rings is 2. The van der Waals surface area contributed by atoms with Crippen molar-refractivity contribution in [3.8, 4) is 5.75 Å². The molecule has 0 radical (unpaired) electrons. The van der Waals surface area contributed by atoms with E-state index >= 15 is 0 Å². The molecule has 3 rings (SSSR count). The van der Waals surface area contributed by atoms with Crippen LogP contribution in [-0.4, -0.2) is 17.4 Å². The van der Waals surface area contributed by atoms with Crippen molar-refractivity contribution in [2.45, 2.75) is 20.0 Å². The summed E-state index contributed by atoms with van der Waals surface area (Å²) in [5, 5.41) is 0.462. The number of rotatable bonds is 4. The minimum Gasteiger partial charge on any atom is -0.494 e. The van der Waals surface area contributed by atoms with E-state index in [-0.39, 0.29) is 5.91 Å². The Balaban J connectivity index is 1.84. The van der Waals surface area contributed by atoms with Gasteiger partial charge in [-0.2, -0.15) is 0 Å². The van der Waals surface area contributed by atoms with Crippen LogP contribution in [0.25, 0.3) is 0 Å². The predicted molar refractivity (Wildman–Crippen MR) is 90.3 cm³/mol. The first-order valence-corrected chi connectivity index (χ1v) is 8.24. The molecule has 1 amide bonds. The average Bonchev–Trinajstić information content (AvgIpc) is 2.78. The molecule has 0 aliphatic carbocycles. The minimum absolute atomic E-state index is 0.0223. The Kier molecular flexibility index (Phi) is 4.41. The van der Waals surface area contributed by atoms with Gasteiger partial charge in [0.25, 0.3) is 5.91 Å². The molecule has 0 saturated carbocycles. The largest absolute Gasteiger partial charge is 0.494 e. The molecule has 0 bridgehead atoms. The number of carbonyl (C=O) groups is 1. The minimum atomic E-state index is -0.0223. The summed E-state index contributed by atoms with van der Waals surface area (Å²) in [6, 6.07) is 11.6. The molecule has 5 heteroatoms. The molecule has 1 heterocycles. The van der Waals surface area contributed by atoms with Gasteiger partial charge in [-0.25, -0.2) is 0 Å². The fourth-order valence-electron chi connectivity index (χ4n) is 2.62. The first-order chi connectivity index (χ1) is 10.6. The van der Waals surface area contributed by atoms with Gasteiger partial charge in [0, 0.05) is 17.6 Å². The quantitative estimate of drug-likeness (QED) is 0.772. The highest BCUT2D eigenvalue weighted by atomic mass is 79.9. The first-order valence-electron chi connectivity index (χ1n) is 7.07. The number of hydrogen-bond donors (Lipinski definition) is 0. The maximum atomic E-state index is 12.5. The fraction of sp³-hybridized carbons (Fsp3) is 0.235. The van der Waals surface area contributed by atoms with Crippen LogP contribution in [0.15, 0.2) is 40.9 Å². The zero-order valence-corrected chi connectivity index (χ0v) is 14.4. The summed E-state index contributed by atoms with van der Waals surface area (Å²) in [6.45, 7) is 3.63. The third-order valence-electron chi connectivity index (χ3n) is 3.61. The molecule has 2 aromatic rings. The van der Waals surface area contributed by atoms with Gasteiger partial charge in [0.05, 0.1) is 17.2 Å². The Labute approximate surface area is 143 Å². The summed E-state index contributed by atoms with van der Waals surface area (Å²) >= 11 is 9.67. The molecule has 0 spiro atoms. The maximum Gasteiger partial charge on any atom is 0.256 e. The summed E-state index contributed by atoms with van der Waals surface area (Å²) in [5.41, 5.74) is 2.62. The summed E-state index contributed by atoms with van der Waals surface area (Å²) < 4.78 is 6.52. The standard InChI is InChI=1S/C17H15BrClNO2/c1-2-22-14-7-12-10-20(17(21)16(12)15(19)8-14)9-11-3-5-13(18)6-4-11/h3-8H,2,9-10H2,1H3. The second-order valence-corrected chi connectivity index (χ2v) is 6.48. The van der Waals surface area contributed by atoms with Gasteiger partial charge in [0.2, 0.25) is 0 Å². The summed E-state index contributed by atoms with van der Waals surface area (Å²) in [5.74, 6) is 0.690. The summed E-state index contributed by atoms with van der Waals surface area (Å²) in [6.07, 6.45) is 0. The number of hydrogen-bond acceptors (Lipinski definition) is 2. The highest BCUT2D eigenvalue weighted by Gasteiger charge is 2.30. The van der Waals surface area contributed by atoms with Crippen molar-refractivity contribution in [3.05, 3.63) is 62.6 Å². The number of carbonyl (C=O) groups excluding carboxylic acids is 1. The SMILES string of the molecule is CCOc1cc(Cl)c2c(c1)CN(Cc1ccc(Br)cc1)C2=O. The zero-order valence-electron chi connectivity index (χ0n) is 12.1. The lowest BCUT2D eigenvalue weighted by Crippen LogP contribution is -2.23. The molecule has 114 valence electrons. The second-order valence-electron chi connectivity index (χ2n) is 5.16. The van der Waals surface area contributed by atoms with E-state index in [2.05, 4.69) is 15.9 Å². The monoisotopic (exact) mass is 379 g/mol. The van der Waals surface area contributed by atoms with Crippen molar-refractivity contribution in [3.63, 3.8) is 0 Å². The van der Waals surface area contributed by atoms with Gasteiger partial charge in [-0.3, -0.25) is 4.79 Å². The molecule has 1 aliphatic heterocycles. The Morgan fingerprint density at radius 1 is 1.27 bits per heavy atom. The molecule has 0 atom stereocenters. The van der Waals surface area contributed by atoms with Crippen molar-refractivity contribution >= 4 is 33.4 Å². The van der Waals surface area contributed by atoms with E-state index in [0.29, 0.717) is 36.0 Å². The molecule has 2 aromatic carbocycles. The van der Waals surface area contributed by atoms with Crippen molar-refractivity contribution in [2.75, 3.05) is 6.61 Å². The molecule has 22 heavy (non-hydrogen) atoms. The molecule has 0 saturated heterocycles. The van der Waals surface area contributed by atoms with E-state index in [0.717, 1.165) is 15.6 Å². The van der Waals surface area contributed by atoms with Crippen LogP contribution in [0, 0.1) is 0 Å². The molecule has 0 aromatic heterocycles. The Morgan fingerprint density at radius 2 is 2.00 bits per heavy atom. The van der Waals surface area contributed by atoms with Crippen LogP contribution >= 0.6 is 27.5 Å². The Hall–Kier alpha value is -1.52. The average molecular weight is 381 g/mol. The molecule has 3 nitrogen and oxygen atoms in total. The molecule has 0 unspecified atom stereocenters. The number of halogens is 2. The van der Waals surface area contributed by atoms with Gasteiger partial charge in [-0.15, -0.1) is 0 Å². The highest BCUT2D eigenvalue weighted by molar-refractivity contribution is 9.10. The van der Waals surface area contributed by atoms with Gasteiger partial charge >= 0.3 is 0 Å². The number of fused-ring (bicyclic) bond motifs is 1. The van der Waals surface area contributed by atoms with E-state index in [9.17, 15) is 4.79 Å². The van der Waals surface area contributed by atoms with Crippen molar-refractivity contribution in [1.29, 1.82) is 0 Å². The van der Waals surface area contributed by atoms with E-state index in [1.165, 1.54) is 0 Å². The van der Waals surface area contributed by atoms with Crippen molar-refractivity contribution < 1.29 is 9.53 Å². The van der Waals surface area contributed by atoms with Gasteiger partial charge in [0.15, 0.2) is 0 Å². The van der Waals surface area contributed by atoms with E-state index in [4.69, 9.17) is 16.3 Å². The highest BCUT2D eigenvalue weighted by Crippen LogP contribution is 2.34. The van der Waals surface area contributed by atoms with Gasteiger partial charge in [-0.1, -0.05) is 39.7 Å². The van der Waals surface area contributed by atoms with Crippen molar-refractivity contribution in [2.24, 2.45) is 0 Å². The first kappa shape index (κ1) is 15.4. The van der Waals surface area contributed by atoms with Crippen LogP contribution in [0.4, 0.5) is 0 Å². The number of ether oxygens (including phenoxy) is 1. The lowest BCUT2D eigenvalue weighted by molar-refractivity contribution is 0.0767. The summed E-state index contributed by atoms with van der Waals surface area (Å²) in [7, 11) is 0. The van der Waals surface area contributed by atoms with Crippen LogP contribution in [-0.2, 0) is 13.1 Å². The fourth-order valence-corrected chi connectivity index (χ4v) is 3.20. The van der Waals surface area contributed by atoms with Gasteiger partial charge in [0.1, 0.15) is 5.75 Å². The van der Waals surface area contributed by atoms with Crippen LogP contribution in [0.5, 0.6) is 5.75 Å². The third-order valence-corrected chi connectivity index (χ3v) is 4.43. The number of nitrogens with zero attached hydrogens (tertiary/aromatic N) is 1. The topological polar surface area (TPSA) is 29.5 Å². The molecular weight excluding hydrogens is 366 g/mol. The maximum absolute atomic E-state index is 12.5. The van der Waals surface area contributed by atoms with E-state index in [1.54, 1.807) is 11.0 Å². The third kappa shape index (κ3) is 2.99. The lowest BCUT2D eigenvalue weighted by Gasteiger charge is -2.15. The predicted octanol–water partition coefficient (Wildman–Crippen LogP) is 4.66. The van der Waals surface area contributed by atoms with Crippen LogP contribution in [0.2, 0.25) is 5.02 Å².